The summed E-state index contributed by atoms with van der Waals surface area (Å²) in [5, 5.41) is 5.91. The van der Waals surface area contributed by atoms with Crippen LogP contribution in [-0.4, -0.2) is 24.1 Å². The number of rotatable bonds is 5. The molecule has 2 atom stereocenters. The van der Waals surface area contributed by atoms with Crippen molar-refractivity contribution in [3.8, 4) is 0 Å². The number of hydrogen-bond acceptors (Lipinski definition) is 4. The van der Waals surface area contributed by atoms with Crippen molar-refractivity contribution >= 4 is 29.3 Å². The molecule has 0 spiro atoms. The zero-order chi connectivity index (χ0) is 19.2. The third-order valence-electron chi connectivity index (χ3n) is 4.43. The number of carbonyl (C=O) groups excluding carboxylic acids is 2. The fourth-order valence-electron chi connectivity index (χ4n) is 3.09. The monoisotopic (exact) mass is 387 g/mol. The van der Waals surface area contributed by atoms with Gasteiger partial charge in [0, 0.05) is 28.4 Å². The van der Waals surface area contributed by atoms with Gasteiger partial charge in [0.05, 0.1) is 0 Å². The second kappa shape index (κ2) is 8.88. The highest BCUT2D eigenvalue weighted by molar-refractivity contribution is 6.31. The van der Waals surface area contributed by atoms with Crippen molar-refractivity contribution in [2.75, 3.05) is 5.32 Å². The number of hydrogen-bond donors (Lipinski definition) is 3. The number of nitrogens with one attached hydrogen (secondary N) is 2. The minimum atomic E-state index is -0.616. The standard InChI is InChI=1S/C20H22ClN3O3/c21-15-8-14(19(25)23-17-7-6-16(22)11-17)9-18(10-15)24-20(26)27-12-13-4-2-1-3-5-13/h1-5,8-10,16-17H,6-7,11-12,22H2,(H,23,25)(H,24,26)/t16-,17-/m0/s1. The second-order valence-electron chi connectivity index (χ2n) is 6.66. The Morgan fingerprint density at radius 3 is 2.63 bits per heavy atom. The van der Waals surface area contributed by atoms with E-state index in [4.69, 9.17) is 22.1 Å². The molecule has 27 heavy (non-hydrogen) atoms. The maximum atomic E-state index is 12.5. The van der Waals surface area contributed by atoms with E-state index in [-0.39, 0.29) is 24.6 Å². The van der Waals surface area contributed by atoms with E-state index in [0.29, 0.717) is 16.3 Å². The van der Waals surface area contributed by atoms with E-state index in [0.717, 1.165) is 24.8 Å². The molecule has 0 saturated heterocycles. The van der Waals surface area contributed by atoms with Gasteiger partial charge in [-0.05, 0) is 43.0 Å². The van der Waals surface area contributed by atoms with Crippen LogP contribution < -0.4 is 16.4 Å². The Morgan fingerprint density at radius 1 is 1.15 bits per heavy atom. The first-order valence-electron chi connectivity index (χ1n) is 8.84. The van der Waals surface area contributed by atoms with Gasteiger partial charge in [0.25, 0.3) is 5.91 Å². The van der Waals surface area contributed by atoms with E-state index in [1.807, 2.05) is 30.3 Å². The summed E-state index contributed by atoms with van der Waals surface area (Å²) in [6.07, 6.45) is 1.92. The molecule has 0 radical (unpaired) electrons. The first kappa shape index (κ1) is 19.2. The van der Waals surface area contributed by atoms with Crippen molar-refractivity contribution < 1.29 is 14.3 Å². The molecule has 2 aromatic rings. The van der Waals surface area contributed by atoms with Crippen molar-refractivity contribution in [3.05, 3.63) is 64.7 Å². The molecule has 1 aliphatic carbocycles. The molecule has 0 heterocycles. The topological polar surface area (TPSA) is 93.5 Å². The predicted octanol–water partition coefficient (Wildman–Crippen LogP) is 3.70. The summed E-state index contributed by atoms with van der Waals surface area (Å²) in [6.45, 7) is 0.155. The highest BCUT2D eigenvalue weighted by atomic mass is 35.5. The van der Waals surface area contributed by atoms with Crippen molar-refractivity contribution in [1.29, 1.82) is 0 Å². The summed E-state index contributed by atoms with van der Waals surface area (Å²) >= 11 is 6.10. The number of amides is 2. The molecule has 1 saturated carbocycles. The van der Waals surface area contributed by atoms with E-state index in [9.17, 15) is 9.59 Å². The van der Waals surface area contributed by atoms with Crippen LogP contribution in [0.1, 0.15) is 35.2 Å². The molecule has 1 fully saturated rings. The van der Waals surface area contributed by atoms with Crippen LogP contribution >= 0.6 is 11.6 Å². The van der Waals surface area contributed by atoms with E-state index in [1.165, 1.54) is 0 Å². The summed E-state index contributed by atoms with van der Waals surface area (Å²) in [6, 6.07) is 14.3. The molecule has 2 aromatic carbocycles. The van der Waals surface area contributed by atoms with Crippen LogP contribution in [0.15, 0.2) is 48.5 Å². The molecular formula is C20H22ClN3O3. The fourth-order valence-corrected chi connectivity index (χ4v) is 3.32. The van der Waals surface area contributed by atoms with Crippen molar-refractivity contribution in [3.63, 3.8) is 0 Å². The SMILES string of the molecule is N[C@H]1CC[C@H](NC(=O)c2cc(Cl)cc(NC(=O)OCc3ccccc3)c2)C1. The Balaban J connectivity index is 1.59. The van der Waals surface area contributed by atoms with Gasteiger partial charge in [0.1, 0.15) is 6.61 Å². The minimum Gasteiger partial charge on any atom is -0.444 e. The normalized spacial score (nSPS) is 18.7. The summed E-state index contributed by atoms with van der Waals surface area (Å²) in [4.78, 5) is 24.5. The van der Waals surface area contributed by atoms with Crippen molar-refractivity contribution in [2.24, 2.45) is 5.73 Å². The van der Waals surface area contributed by atoms with Gasteiger partial charge in [0.15, 0.2) is 0 Å². The minimum absolute atomic E-state index is 0.0683. The van der Waals surface area contributed by atoms with Gasteiger partial charge in [-0.1, -0.05) is 41.9 Å². The smallest absolute Gasteiger partial charge is 0.411 e. The lowest BCUT2D eigenvalue weighted by Gasteiger charge is -2.14. The summed E-state index contributed by atoms with van der Waals surface area (Å²) in [7, 11) is 0. The van der Waals surface area contributed by atoms with Gasteiger partial charge < -0.3 is 15.8 Å². The maximum absolute atomic E-state index is 12.5. The number of benzene rings is 2. The van der Waals surface area contributed by atoms with Crippen molar-refractivity contribution in [1.82, 2.24) is 5.32 Å². The lowest BCUT2D eigenvalue weighted by Crippen LogP contribution is -2.34. The number of anilines is 1. The van der Waals surface area contributed by atoms with E-state index in [1.54, 1.807) is 18.2 Å². The Bertz CT molecular complexity index is 813. The molecule has 0 aliphatic heterocycles. The van der Waals surface area contributed by atoms with Crippen LogP contribution in [0, 0.1) is 0 Å². The zero-order valence-electron chi connectivity index (χ0n) is 14.8. The van der Waals surface area contributed by atoms with E-state index < -0.39 is 6.09 Å². The maximum Gasteiger partial charge on any atom is 0.411 e. The molecule has 0 aromatic heterocycles. The first-order valence-corrected chi connectivity index (χ1v) is 9.22. The van der Waals surface area contributed by atoms with E-state index >= 15 is 0 Å². The quantitative estimate of drug-likeness (QED) is 0.729. The second-order valence-corrected chi connectivity index (χ2v) is 7.10. The molecule has 6 nitrogen and oxygen atoms in total. The zero-order valence-corrected chi connectivity index (χ0v) is 15.5. The van der Waals surface area contributed by atoms with Gasteiger partial charge in [-0.2, -0.15) is 0 Å². The lowest BCUT2D eigenvalue weighted by atomic mass is 10.1. The van der Waals surface area contributed by atoms with Crippen LogP contribution in [0.3, 0.4) is 0 Å². The number of carbonyl (C=O) groups is 2. The molecular weight excluding hydrogens is 366 g/mol. The van der Waals surface area contributed by atoms with Gasteiger partial charge in [0.2, 0.25) is 0 Å². The van der Waals surface area contributed by atoms with Crippen molar-refractivity contribution in [2.45, 2.75) is 38.0 Å². The van der Waals surface area contributed by atoms with Crippen LogP contribution in [0.5, 0.6) is 0 Å². The van der Waals surface area contributed by atoms with Gasteiger partial charge in [-0.15, -0.1) is 0 Å². The Morgan fingerprint density at radius 2 is 1.93 bits per heavy atom. The summed E-state index contributed by atoms with van der Waals surface area (Å²) < 4.78 is 5.18. The number of halogens is 1. The van der Waals surface area contributed by atoms with Gasteiger partial charge in [-0.3, -0.25) is 10.1 Å². The molecule has 1 aliphatic rings. The predicted molar refractivity (Wildman–Crippen MR) is 105 cm³/mol. The highest BCUT2D eigenvalue weighted by Crippen LogP contribution is 2.21. The molecule has 0 bridgehead atoms. The van der Waals surface area contributed by atoms with Crippen LogP contribution in [0.2, 0.25) is 5.02 Å². The summed E-state index contributed by atoms with van der Waals surface area (Å²) in [5.74, 6) is -0.239. The first-order chi connectivity index (χ1) is 13.0. The van der Waals surface area contributed by atoms with Crippen LogP contribution in [-0.2, 0) is 11.3 Å². The molecule has 0 unspecified atom stereocenters. The van der Waals surface area contributed by atoms with Crippen LogP contribution in [0.4, 0.5) is 10.5 Å². The Kier molecular flexibility index (Phi) is 6.32. The van der Waals surface area contributed by atoms with E-state index in [2.05, 4.69) is 10.6 Å². The molecule has 142 valence electrons. The Hall–Kier alpha value is -2.57. The average molecular weight is 388 g/mol. The fraction of sp³-hybridized carbons (Fsp3) is 0.300. The molecule has 2 amide bonds. The largest absolute Gasteiger partial charge is 0.444 e. The average Bonchev–Trinajstić information content (AvgIpc) is 3.05. The Labute approximate surface area is 163 Å². The molecule has 7 heteroatoms. The molecule has 4 N–H and O–H groups in total. The number of ether oxygens (including phenoxy) is 1. The summed E-state index contributed by atoms with van der Waals surface area (Å²) in [5.41, 5.74) is 7.54. The van der Waals surface area contributed by atoms with Gasteiger partial charge in [-0.25, -0.2) is 4.79 Å². The van der Waals surface area contributed by atoms with Gasteiger partial charge >= 0.3 is 6.09 Å². The molecule has 3 rings (SSSR count). The third-order valence-corrected chi connectivity index (χ3v) is 4.65. The third kappa shape index (κ3) is 5.70. The highest BCUT2D eigenvalue weighted by Gasteiger charge is 2.23. The number of nitrogens with two attached hydrogens (primary N) is 1. The van der Waals surface area contributed by atoms with Crippen LogP contribution in [0.25, 0.3) is 0 Å². The lowest BCUT2D eigenvalue weighted by molar-refractivity contribution is 0.0937.